The van der Waals surface area contributed by atoms with Gasteiger partial charge in [0.15, 0.2) is 0 Å². The monoisotopic (exact) mass is 353 g/mol. The highest BCUT2D eigenvalue weighted by molar-refractivity contribution is 6.31. The number of ether oxygens (including phenoxy) is 1. The number of nitrogens with zero attached hydrogens (tertiary/aromatic N) is 2. The van der Waals surface area contributed by atoms with Crippen LogP contribution in [-0.2, 0) is 12.8 Å². The van der Waals surface area contributed by atoms with Crippen LogP contribution in [0.25, 0.3) is 5.69 Å². The van der Waals surface area contributed by atoms with Crippen LogP contribution < -0.4 is 10.1 Å². The molecule has 1 aliphatic rings. The van der Waals surface area contributed by atoms with Crippen molar-refractivity contribution in [3.63, 3.8) is 0 Å². The Hall–Kier alpha value is -2.46. The molecule has 2 aromatic carbocycles. The zero-order valence-corrected chi connectivity index (χ0v) is 15.1. The number of fused-ring (bicyclic) bond motifs is 1. The Morgan fingerprint density at radius 2 is 2.00 bits per heavy atom. The zero-order chi connectivity index (χ0) is 17.4. The summed E-state index contributed by atoms with van der Waals surface area (Å²) < 4.78 is 7.24. The number of halogens is 1. The van der Waals surface area contributed by atoms with Gasteiger partial charge in [-0.25, -0.2) is 4.68 Å². The van der Waals surface area contributed by atoms with E-state index in [2.05, 4.69) is 23.5 Å². The molecule has 4 nitrogen and oxygen atoms in total. The second-order valence-corrected chi connectivity index (χ2v) is 6.68. The minimum Gasteiger partial charge on any atom is -0.497 e. The van der Waals surface area contributed by atoms with Crippen LogP contribution in [0.2, 0.25) is 5.02 Å². The summed E-state index contributed by atoms with van der Waals surface area (Å²) in [6.45, 7) is 2.98. The van der Waals surface area contributed by atoms with Gasteiger partial charge in [-0.3, -0.25) is 0 Å². The van der Waals surface area contributed by atoms with Gasteiger partial charge in [0.1, 0.15) is 11.6 Å². The van der Waals surface area contributed by atoms with Gasteiger partial charge in [-0.15, -0.1) is 0 Å². The van der Waals surface area contributed by atoms with Gasteiger partial charge in [0.2, 0.25) is 0 Å². The molecule has 4 rings (SSSR count). The summed E-state index contributed by atoms with van der Waals surface area (Å²) in [6, 6.07) is 14.1. The Morgan fingerprint density at radius 3 is 2.76 bits per heavy atom. The summed E-state index contributed by atoms with van der Waals surface area (Å²) >= 11 is 6.31. The molecule has 0 spiro atoms. The third-order valence-corrected chi connectivity index (χ3v) is 5.14. The number of rotatable bonds is 4. The average Bonchev–Trinajstić information content (AvgIpc) is 3.22. The lowest BCUT2D eigenvalue weighted by atomic mass is 10.1. The molecule has 0 aliphatic carbocycles. The lowest BCUT2D eigenvalue weighted by Crippen LogP contribution is -2.06. The van der Waals surface area contributed by atoms with Gasteiger partial charge < -0.3 is 10.1 Å². The summed E-state index contributed by atoms with van der Waals surface area (Å²) in [5, 5.41) is 9.14. The van der Waals surface area contributed by atoms with E-state index in [-0.39, 0.29) is 0 Å². The van der Waals surface area contributed by atoms with Crippen LogP contribution in [0, 0.1) is 6.92 Å². The molecule has 2 heterocycles. The van der Waals surface area contributed by atoms with E-state index < -0.39 is 0 Å². The number of hydrogen-bond donors (Lipinski definition) is 1. The molecular weight excluding hydrogens is 334 g/mol. The van der Waals surface area contributed by atoms with Gasteiger partial charge in [0.05, 0.1) is 18.5 Å². The Labute approximate surface area is 152 Å². The molecule has 1 N–H and O–H groups in total. The van der Waals surface area contributed by atoms with Crippen LogP contribution in [0.1, 0.15) is 22.4 Å². The minimum absolute atomic E-state index is 0.761. The van der Waals surface area contributed by atoms with E-state index in [1.807, 2.05) is 35.9 Å². The maximum absolute atomic E-state index is 6.31. The SMILES string of the molecule is COc1ccc(Cc2nn(-c3cccc(Cl)c3C)c3c2CCN3)cc1. The summed E-state index contributed by atoms with van der Waals surface area (Å²) in [5.41, 5.74) is 5.71. The number of nitrogens with one attached hydrogen (secondary N) is 1. The number of anilines is 1. The lowest BCUT2D eigenvalue weighted by molar-refractivity contribution is 0.414. The largest absolute Gasteiger partial charge is 0.497 e. The number of benzene rings is 2. The molecule has 1 aromatic heterocycles. The first-order chi connectivity index (χ1) is 12.2. The molecule has 128 valence electrons. The predicted octanol–water partition coefficient (Wildman–Crippen LogP) is 4.40. The highest BCUT2D eigenvalue weighted by Gasteiger charge is 2.24. The molecule has 0 fully saturated rings. The molecule has 0 atom stereocenters. The van der Waals surface area contributed by atoms with Gasteiger partial charge in [-0.1, -0.05) is 29.8 Å². The smallest absolute Gasteiger partial charge is 0.133 e. The molecule has 0 radical (unpaired) electrons. The third kappa shape index (κ3) is 2.87. The van der Waals surface area contributed by atoms with Crippen LogP contribution in [0.5, 0.6) is 5.75 Å². The first kappa shape index (κ1) is 16.0. The summed E-state index contributed by atoms with van der Waals surface area (Å²) in [4.78, 5) is 0. The molecule has 3 aromatic rings. The van der Waals surface area contributed by atoms with Crippen LogP contribution in [0.4, 0.5) is 5.82 Å². The second kappa shape index (κ2) is 6.45. The van der Waals surface area contributed by atoms with E-state index in [9.17, 15) is 0 Å². The number of aromatic nitrogens is 2. The van der Waals surface area contributed by atoms with Crippen LogP contribution in [0.15, 0.2) is 42.5 Å². The van der Waals surface area contributed by atoms with E-state index in [1.54, 1.807) is 7.11 Å². The van der Waals surface area contributed by atoms with Crippen LogP contribution in [0.3, 0.4) is 0 Å². The van der Waals surface area contributed by atoms with Crippen molar-refractivity contribution in [2.75, 3.05) is 19.0 Å². The van der Waals surface area contributed by atoms with Gasteiger partial charge in [0, 0.05) is 23.6 Å². The lowest BCUT2D eigenvalue weighted by Gasteiger charge is -2.10. The van der Waals surface area contributed by atoms with Crippen molar-refractivity contribution in [3.05, 3.63) is 69.9 Å². The molecule has 1 aliphatic heterocycles. The summed E-state index contributed by atoms with van der Waals surface area (Å²) in [6.07, 6.45) is 1.81. The van der Waals surface area contributed by atoms with E-state index in [0.29, 0.717) is 0 Å². The fourth-order valence-corrected chi connectivity index (χ4v) is 3.49. The normalized spacial score (nSPS) is 12.8. The quantitative estimate of drug-likeness (QED) is 0.755. The highest BCUT2D eigenvalue weighted by Crippen LogP contribution is 2.32. The second-order valence-electron chi connectivity index (χ2n) is 6.27. The van der Waals surface area contributed by atoms with Crippen molar-refractivity contribution < 1.29 is 4.74 Å². The van der Waals surface area contributed by atoms with E-state index in [1.165, 1.54) is 11.1 Å². The van der Waals surface area contributed by atoms with Crippen molar-refractivity contribution >= 4 is 17.4 Å². The van der Waals surface area contributed by atoms with Gasteiger partial charge in [-0.2, -0.15) is 5.10 Å². The van der Waals surface area contributed by atoms with Crippen molar-refractivity contribution in [1.29, 1.82) is 0 Å². The Morgan fingerprint density at radius 1 is 1.20 bits per heavy atom. The van der Waals surface area contributed by atoms with Crippen LogP contribution in [-0.4, -0.2) is 23.4 Å². The fraction of sp³-hybridized carbons (Fsp3) is 0.250. The van der Waals surface area contributed by atoms with Crippen molar-refractivity contribution in [2.24, 2.45) is 0 Å². The van der Waals surface area contributed by atoms with Gasteiger partial charge >= 0.3 is 0 Å². The topological polar surface area (TPSA) is 39.1 Å². The van der Waals surface area contributed by atoms with Crippen molar-refractivity contribution in [3.8, 4) is 11.4 Å². The minimum atomic E-state index is 0.761. The zero-order valence-electron chi connectivity index (χ0n) is 14.3. The standard InChI is InChI=1S/C20H20ClN3O/c1-13-17(21)4-3-5-19(13)24-20-16(10-11-22-20)18(23-24)12-14-6-8-15(25-2)9-7-14/h3-9,22H,10-12H2,1-2H3. The maximum atomic E-state index is 6.31. The Balaban J connectivity index is 1.73. The average molecular weight is 354 g/mol. The molecular formula is C20H20ClN3O. The Bertz CT molecular complexity index is 915. The molecule has 0 saturated heterocycles. The van der Waals surface area contributed by atoms with E-state index in [4.69, 9.17) is 21.4 Å². The molecule has 5 heteroatoms. The molecule has 0 unspecified atom stereocenters. The highest BCUT2D eigenvalue weighted by atomic mass is 35.5. The first-order valence-electron chi connectivity index (χ1n) is 8.40. The molecule has 25 heavy (non-hydrogen) atoms. The molecule has 0 bridgehead atoms. The predicted molar refractivity (Wildman–Crippen MR) is 101 cm³/mol. The van der Waals surface area contributed by atoms with E-state index >= 15 is 0 Å². The fourth-order valence-electron chi connectivity index (χ4n) is 3.32. The summed E-state index contributed by atoms with van der Waals surface area (Å²) in [7, 11) is 1.68. The van der Waals surface area contributed by atoms with Crippen LogP contribution >= 0.6 is 11.6 Å². The van der Waals surface area contributed by atoms with Crippen molar-refractivity contribution in [1.82, 2.24) is 9.78 Å². The maximum Gasteiger partial charge on any atom is 0.133 e. The summed E-state index contributed by atoms with van der Waals surface area (Å²) in [5.74, 6) is 1.96. The number of methoxy groups -OCH3 is 1. The van der Waals surface area contributed by atoms with Gasteiger partial charge in [-0.05, 0) is 48.7 Å². The third-order valence-electron chi connectivity index (χ3n) is 4.73. The van der Waals surface area contributed by atoms with Gasteiger partial charge in [0.25, 0.3) is 0 Å². The van der Waals surface area contributed by atoms with Crippen molar-refractivity contribution in [2.45, 2.75) is 19.8 Å². The molecule has 0 saturated carbocycles. The molecule has 0 amide bonds. The van der Waals surface area contributed by atoms with E-state index in [0.717, 1.165) is 52.9 Å². The first-order valence-corrected chi connectivity index (χ1v) is 8.78. The number of hydrogen-bond acceptors (Lipinski definition) is 3. The Kier molecular flexibility index (Phi) is 4.14.